The summed E-state index contributed by atoms with van der Waals surface area (Å²) in [6, 6.07) is 0. The van der Waals surface area contributed by atoms with Gasteiger partial charge in [0.25, 0.3) is 5.78 Å². The molecule has 0 aliphatic heterocycles. The van der Waals surface area contributed by atoms with E-state index in [0.29, 0.717) is 18.0 Å². The van der Waals surface area contributed by atoms with Crippen molar-refractivity contribution in [3.05, 3.63) is 18.2 Å². The highest BCUT2D eigenvalue weighted by Crippen LogP contribution is 2.04. The molecule has 2 aromatic heterocycles. The third-order valence-corrected chi connectivity index (χ3v) is 1.69. The minimum atomic E-state index is 0.569. The Morgan fingerprint density at radius 3 is 3.15 bits per heavy atom. The van der Waals surface area contributed by atoms with Gasteiger partial charge in [-0.25, -0.2) is 4.98 Å². The first-order chi connectivity index (χ1) is 6.31. The van der Waals surface area contributed by atoms with Crippen molar-refractivity contribution in [2.24, 2.45) is 0 Å². The van der Waals surface area contributed by atoms with Crippen molar-refractivity contribution >= 4 is 11.5 Å². The van der Waals surface area contributed by atoms with Crippen LogP contribution in [0.4, 0.5) is 5.69 Å². The van der Waals surface area contributed by atoms with E-state index in [4.69, 9.17) is 5.73 Å². The van der Waals surface area contributed by atoms with Crippen LogP contribution in [-0.4, -0.2) is 26.6 Å². The van der Waals surface area contributed by atoms with E-state index in [9.17, 15) is 0 Å². The zero-order valence-electron chi connectivity index (χ0n) is 7.23. The van der Waals surface area contributed by atoms with E-state index >= 15 is 0 Å². The molecule has 0 amide bonds. The number of nitrogens with two attached hydrogens (primary N) is 1. The first-order valence-electron chi connectivity index (χ1n) is 3.91. The number of hydrogen-bond acceptors (Lipinski definition) is 5. The molecule has 0 aliphatic carbocycles. The quantitative estimate of drug-likeness (QED) is 0.643. The third kappa shape index (κ3) is 1.31. The fourth-order valence-corrected chi connectivity index (χ4v) is 1.13. The lowest BCUT2D eigenvalue weighted by Crippen LogP contribution is -2.09. The lowest BCUT2D eigenvalue weighted by molar-refractivity contribution is 0.747. The number of hydrogen-bond donors (Lipinski definition) is 2. The molecule has 2 rings (SSSR count). The first-order valence-corrected chi connectivity index (χ1v) is 3.91. The lowest BCUT2D eigenvalue weighted by Gasteiger charge is -1.98. The van der Waals surface area contributed by atoms with E-state index in [1.54, 1.807) is 16.8 Å². The van der Waals surface area contributed by atoms with Crippen molar-refractivity contribution in [1.29, 1.82) is 0 Å². The molecule has 2 aromatic rings. The van der Waals surface area contributed by atoms with Crippen molar-refractivity contribution in [3.63, 3.8) is 0 Å². The Morgan fingerprint density at radius 1 is 1.54 bits per heavy atom. The Kier molecular flexibility index (Phi) is 1.82. The van der Waals surface area contributed by atoms with Crippen LogP contribution in [0.1, 0.15) is 5.82 Å². The van der Waals surface area contributed by atoms with Gasteiger partial charge in [-0.1, -0.05) is 0 Å². The predicted molar refractivity (Wildman–Crippen MR) is 48.0 cm³/mol. The number of fused-ring (bicyclic) bond motifs is 1. The summed E-state index contributed by atoms with van der Waals surface area (Å²) in [7, 11) is 1.85. The second kappa shape index (κ2) is 2.98. The van der Waals surface area contributed by atoms with E-state index in [1.807, 2.05) is 7.05 Å². The standard InChI is InChI=1S/C7H10N6/c1-9-3-6-11-12-7-10-2-5(8)4-13(6)7/h2,4,9H,3,8H2,1H3. The van der Waals surface area contributed by atoms with Gasteiger partial charge in [0.2, 0.25) is 0 Å². The molecule has 2 heterocycles. The van der Waals surface area contributed by atoms with E-state index < -0.39 is 0 Å². The van der Waals surface area contributed by atoms with Gasteiger partial charge in [-0.15, -0.1) is 10.2 Å². The molecule has 13 heavy (non-hydrogen) atoms. The highest BCUT2D eigenvalue weighted by atomic mass is 15.3. The molecule has 0 spiro atoms. The second-order valence-corrected chi connectivity index (χ2v) is 2.70. The first kappa shape index (κ1) is 7.93. The van der Waals surface area contributed by atoms with Gasteiger partial charge in [0.05, 0.1) is 18.4 Å². The van der Waals surface area contributed by atoms with Crippen LogP contribution in [0.15, 0.2) is 12.4 Å². The van der Waals surface area contributed by atoms with Crippen LogP contribution >= 0.6 is 0 Å². The number of rotatable bonds is 2. The van der Waals surface area contributed by atoms with Crippen molar-refractivity contribution in [2.75, 3.05) is 12.8 Å². The van der Waals surface area contributed by atoms with E-state index in [1.165, 1.54) is 0 Å². The topological polar surface area (TPSA) is 81.1 Å². The van der Waals surface area contributed by atoms with Crippen LogP contribution in [0, 0.1) is 0 Å². The molecular weight excluding hydrogens is 168 g/mol. The van der Waals surface area contributed by atoms with Crippen molar-refractivity contribution < 1.29 is 0 Å². The number of nitrogen functional groups attached to an aromatic ring is 1. The van der Waals surface area contributed by atoms with Crippen molar-refractivity contribution in [3.8, 4) is 0 Å². The van der Waals surface area contributed by atoms with Gasteiger partial charge in [0, 0.05) is 6.20 Å². The summed E-state index contributed by atoms with van der Waals surface area (Å²) in [5.41, 5.74) is 6.19. The average molecular weight is 178 g/mol. The maximum Gasteiger partial charge on any atom is 0.255 e. The molecule has 0 bridgehead atoms. The fraction of sp³-hybridized carbons (Fsp3) is 0.286. The van der Waals surface area contributed by atoms with Crippen molar-refractivity contribution in [1.82, 2.24) is 24.9 Å². The highest BCUT2D eigenvalue weighted by molar-refractivity contribution is 5.39. The van der Waals surface area contributed by atoms with Gasteiger partial charge < -0.3 is 11.1 Å². The average Bonchev–Trinajstić information content (AvgIpc) is 2.49. The van der Waals surface area contributed by atoms with Crippen LogP contribution in [0.5, 0.6) is 0 Å². The summed E-state index contributed by atoms with van der Waals surface area (Å²) in [6.45, 7) is 0.645. The van der Waals surface area contributed by atoms with E-state index in [2.05, 4.69) is 20.5 Å². The van der Waals surface area contributed by atoms with Crippen molar-refractivity contribution in [2.45, 2.75) is 6.54 Å². The molecule has 0 saturated heterocycles. The number of anilines is 1. The predicted octanol–water partition coefficient (Wildman–Crippen LogP) is -0.574. The Morgan fingerprint density at radius 2 is 2.38 bits per heavy atom. The molecule has 0 aromatic carbocycles. The molecule has 0 aliphatic rings. The van der Waals surface area contributed by atoms with Crippen LogP contribution in [0.2, 0.25) is 0 Å². The summed E-state index contributed by atoms with van der Waals surface area (Å²) in [5, 5.41) is 10.8. The SMILES string of the molecule is CNCc1nnc2ncc(N)cn12. The Hall–Kier alpha value is -1.69. The van der Waals surface area contributed by atoms with E-state index in [-0.39, 0.29) is 0 Å². The molecule has 6 heteroatoms. The summed E-state index contributed by atoms with van der Waals surface area (Å²) in [5.74, 6) is 1.37. The molecule has 6 nitrogen and oxygen atoms in total. The highest BCUT2D eigenvalue weighted by Gasteiger charge is 2.04. The summed E-state index contributed by atoms with van der Waals surface area (Å²) in [4.78, 5) is 4.02. The summed E-state index contributed by atoms with van der Waals surface area (Å²) < 4.78 is 1.77. The Labute approximate surface area is 74.8 Å². The maximum atomic E-state index is 5.59. The molecule has 0 saturated carbocycles. The minimum absolute atomic E-state index is 0.569. The molecule has 68 valence electrons. The molecule has 0 radical (unpaired) electrons. The van der Waals surface area contributed by atoms with Crippen LogP contribution in [0.3, 0.4) is 0 Å². The maximum absolute atomic E-state index is 5.59. The van der Waals surface area contributed by atoms with Gasteiger partial charge in [0.15, 0.2) is 5.82 Å². The van der Waals surface area contributed by atoms with Gasteiger partial charge in [-0.3, -0.25) is 4.40 Å². The Balaban J connectivity index is 2.58. The molecule has 3 N–H and O–H groups in total. The largest absolute Gasteiger partial charge is 0.396 e. The number of aromatic nitrogens is 4. The second-order valence-electron chi connectivity index (χ2n) is 2.70. The summed E-state index contributed by atoms with van der Waals surface area (Å²) in [6.07, 6.45) is 3.32. The smallest absolute Gasteiger partial charge is 0.255 e. The summed E-state index contributed by atoms with van der Waals surface area (Å²) >= 11 is 0. The van der Waals surface area contributed by atoms with E-state index in [0.717, 1.165) is 5.82 Å². The van der Waals surface area contributed by atoms with Crippen LogP contribution in [-0.2, 0) is 6.54 Å². The molecule has 0 unspecified atom stereocenters. The van der Waals surface area contributed by atoms with Gasteiger partial charge in [0.1, 0.15) is 0 Å². The zero-order valence-corrected chi connectivity index (χ0v) is 7.23. The third-order valence-electron chi connectivity index (χ3n) is 1.69. The van der Waals surface area contributed by atoms with Gasteiger partial charge in [-0.2, -0.15) is 0 Å². The molecular formula is C7H10N6. The molecule has 0 fully saturated rings. The molecule has 0 atom stereocenters. The fourth-order valence-electron chi connectivity index (χ4n) is 1.13. The van der Waals surface area contributed by atoms with Crippen LogP contribution < -0.4 is 11.1 Å². The Bertz CT molecular complexity index is 420. The zero-order chi connectivity index (χ0) is 9.26. The lowest BCUT2D eigenvalue weighted by atomic mass is 10.5. The van der Waals surface area contributed by atoms with Crippen LogP contribution in [0.25, 0.3) is 5.78 Å². The van der Waals surface area contributed by atoms with Gasteiger partial charge >= 0.3 is 0 Å². The normalized spacial score (nSPS) is 10.8. The number of nitrogens with zero attached hydrogens (tertiary/aromatic N) is 4. The number of nitrogens with one attached hydrogen (secondary N) is 1. The monoisotopic (exact) mass is 178 g/mol. The van der Waals surface area contributed by atoms with Gasteiger partial charge in [-0.05, 0) is 7.05 Å². The minimum Gasteiger partial charge on any atom is -0.396 e.